The second kappa shape index (κ2) is 17.8. The fraction of sp³-hybridized carbons (Fsp3) is 0.345. The number of nitrogens with one attached hydrogen (secondary N) is 1. The molecule has 48 heavy (non-hydrogen) atoms. The molecule has 0 radical (unpaired) electrons. The van der Waals surface area contributed by atoms with Crippen molar-refractivity contribution in [2.24, 2.45) is 0 Å². The van der Waals surface area contributed by atoms with Crippen molar-refractivity contribution >= 4 is 51.7 Å². The highest BCUT2D eigenvalue weighted by molar-refractivity contribution is 7.90. The number of carboxylic acids is 2. The molecule has 4 rings (SSSR count). The molecule has 3 heterocycles. The number of anilines is 1. The first-order valence-corrected chi connectivity index (χ1v) is 18.6. The number of hydrogen-bond acceptors (Lipinski definition) is 14. The number of hydrogen-bond donors (Lipinski definition) is 3. The quantitative estimate of drug-likeness (QED) is 0.152. The fourth-order valence-electron chi connectivity index (χ4n) is 3.77. The number of rotatable bonds is 14. The maximum absolute atomic E-state index is 13.2. The molecule has 0 spiro atoms. The van der Waals surface area contributed by atoms with Crippen molar-refractivity contribution in [2.75, 3.05) is 38.5 Å². The molecule has 1 saturated heterocycles. The normalized spacial score (nSPS) is 14.7. The Morgan fingerprint density at radius 3 is 2.31 bits per heavy atom. The summed E-state index contributed by atoms with van der Waals surface area (Å²) >= 11 is 1.18. The van der Waals surface area contributed by atoms with Gasteiger partial charge < -0.3 is 33.5 Å². The number of pyridine rings is 1. The highest BCUT2D eigenvalue weighted by atomic mass is 32.2. The molecule has 1 aromatic carbocycles. The average Bonchev–Trinajstić information content (AvgIpc) is 3.45. The largest absolute Gasteiger partial charge is 0.488 e. The van der Waals surface area contributed by atoms with E-state index in [1.165, 1.54) is 35.7 Å². The first-order chi connectivity index (χ1) is 22.7. The van der Waals surface area contributed by atoms with Crippen molar-refractivity contribution < 1.29 is 60.8 Å². The maximum atomic E-state index is 13.2. The lowest BCUT2D eigenvalue weighted by Crippen LogP contribution is -2.21. The molecule has 1 atom stereocenters. The lowest BCUT2D eigenvalue weighted by molar-refractivity contribution is -0.134. The second-order valence-corrected chi connectivity index (χ2v) is 14.8. The number of carboxylic acid groups (broad SMARTS) is 2. The number of nitrogens with zero attached hydrogens (tertiary/aromatic N) is 2. The Hall–Kier alpha value is -4.19. The van der Waals surface area contributed by atoms with E-state index >= 15 is 0 Å². The standard InChI is InChI=1S/C25H30N3O9PS2.C4H4O4/c1-4-19(14-33-2)36-21-10-17(11-22(12-21)37-20-6-7-23(26-13-20)40(3,31)32)24(29)28-25-27-18(16-39-25)15-38(30)34-8-5-9-35-38;5-3(6)1-2-4(7)8/h6-7,10-13,16,19H,4-5,8-9,14-15H2,1-3H3,(H,27,28,29);1-2H,(H,5,6)(H,7,8)/b;2-1+/t19-;/m0./s1. The van der Waals surface area contributed by atoms with Crippen LogP contribution in [0.2, 0.25) is 0 Å². The van der Waals surface area contributed by atoms with Crippen LogP contribution in [0.4, 0.5) is 5.13 Å². The van der Waals surface area contributed by atoms with Crippen LogP contribution < -0.4 is 14.8 Å². The lowest BCUT2D eigenvalue weighted by atomic mass is 10.2. The van der Waals surface area contributed by atoms with Crippen LogP contribution in [0.3, 0.4) is 0 Å². The van der Waals surface area contributed by atoms with E-state index in [4.69, 9.17) is 33.5 Å². The molecule has 3 N–H and O–H groups in total. The lowest BCUT2D eigenvalue weighted by Gasteiger charge is -2.22. The van der Waals surface area contributed by atoms with Gasteiger partial charge in [0.05, 0.1) is 37.9 Å². The van der Waals surface area contributed by atoms with Crippen LogP contribution in [0, 0.1) is 0 Å². The van der Waals surface area contributed by atoms with E-state index in [1.54, 1.807) is 24.6 Å². The minimum Gasteiger partial charge on any atom is -0.488 e. The average molecular weight is 728 g/mol. The Morgan fingerprint density at radius 1 is 1.08 bits per heavy atom. The third-order valence-electron chi connectivity index (χ3n) is 5.94. The van der Waals surface area contributed by atoms with Crippen molar-refractivity contribution in [3.05, 3.63) is 65.3 Å². The summed E-state index contributed by atoms with van der Waals surface area (Å²) in [6, 6.07) is 7.51. The zero-order chi connectivity index (χ0) is 35.3. The van der Waals surface area contributed by atoms with Gasteiger partial charge in [-0.2, -0.15) is 0 Å². The van der Waals surface area contributed by atoms with Crippen molar-refractivity contribution in [3.8, 4) is 17.2 Å². The molecule has 1 fully saturated rings. The number of benzene rings is 1. The summed E-state index contributed by atoms with van der Waals surface area (Å²) in [5, 5.41) is 20.3. The predicted molar refractivity (Wildman–Crippen MR) is 173 cm³/mol. The van der Waals surface area contributed by atoms with Crippen molar-refractivity contribution in [2.45, 2.75) is 37.1 Å². The van der Waals surface area contributed by atoms with Gasteiger partial charge in [-0.3, -0.25) is 14.7 Å². The summed E-state index contributed by atoms with van der Waals surface area (Å²) in [5.74, 6) is -2.07. The van der Waals surface area contributed by atoms with Crippen molar-refractivity contribution in [1.82, 2.24) is 9.97 Å². The van der Waals surface area contributed by atoms with Crippen LogP contribution in [0.1, 0.15) is 35.8 Å². The van der Waals surface area contributed by atoms with Gasteiger partial charge in [0.25, 0.3) is 5.91 Å². The van der Waals surface area contributed by atoms with Gasteiger partial charge in [0, 0.05) is 42.5 Å². The van der Waals surface area contributed by atoms with Crippen LogP contribution in [-0.2, 0) is 43.9 Å². The molecule has 19 heteroatoms. The Balaban J connectivity index is 0.000000694. The molecule has 3 aromatic rings. The number of carbonyl (C=O) groups excluding carboxylic acids is 1. The number of carbonyl (C=O) groups is 3. The molecular weight excluding hydrogens is 693 g/mol. The van der Waals surface area contributed by atoms with Crippen molar-refractivity contribution in [3.63, 3.8) is 0 Å². The number of ether oxygens (including phenoxy) is 3. The van der Waals surface area contributed by atoms with Gasteiger partial charge in [0.2, 0.25) is 0 Å². The number of amides is 1. The molecule has 1 aliphatic rings. The number of aliphatic carboxylic acids is 2. The summed E-state index contributed by atoms with van der Waals surface area (Å²) in [4.78, 5) is 40.6. The van der Waals surface area contributed by atoms with Gasteiger partial charge in [0.1, 0.15) is 23.4 Å². The van der Waals surface area contributed by atoms with E-state index in [0.29, 0.717) is 61.4 Å². The SMILES string of the molecule is CC[C@@H](COC)Oc1cc(Oc2ccc(S(C)(=O)=O)nc2)cc(C(=O)Nc2nc(CP3(=O)OCCCO3)cs2)c1.O=C(O)/C=C/C(=O)O. The number of aromatic nitrogens is 2. The van der Waals surface area contributed by atoms with Crippen LogP contribution in [0.25, 0.3) is 0 Å². The first-order valence-electron chi connectivity index (χ1n) is 14.1. The minimum absolute atomic E-state index is 0.0186. The zero-order valence-corrected chi connectivity index (χ0v) is 28.6. The summed E-state index contributed by atoms with van der Waals surface area (Å²) in [5.41, 5.74) is 0.714. The van der Waals surface area contributed by atoms with Crippen LogP contribution in [-0.4, -0.2) is 85.7 Å². The van der Waals surface area contributed by atoms with E-state index < -0.39 is 35.3 Å². The third-order valence-corrected chi connectivity index (χ3v) is 9.61. The van der Waals surface area contributed by atoms with Gasteiger partial charge in [-0.15, -0.1) is 11.3 Å². The molecule has 260 valence electrons. The number of thiazole rings is 1. The molecule has 2 aromatic heterocycles. The first kappa shape index (κ1) is 38.3. The molecular formula is C29H34N3O13PS2. The summed E-state index contributed by atoms with van der Waals surface area (Å²) in [6.07, 6.45) is 4.57. The molecule has 0 saturated carbocycles. The predicted octanol–water partition coefficient (Wildman–Crippen LogP) is 4.63. The topological polar surface area (TPSA) is 227 Å². The molecule has 0 aliphatic carbocycles. The summed E-state index contributed by atoms with van der Waals surface area (Å²) in [7, 11) is -5.14. The van der Waals surface area contributed by atoms with Crippen LogP contribution in [0.5, 0.6) is 17.2 Å². The van der Waals surface area contributed by atoms with E-state index in [2.05, 4.69) is 15.3 Å². The Labute approximate surface area is 280 Å². The van der Waals surface area contributed by atoms with Gasteiger partial charge in [-0.05, 0) is 37.1 Å². The minimum atomic E-state index is -3.46. The Bertz CT molecular complexity index is 1740. The summed E-state index contributed by atoms with van der Waals surface area (Å²) < 4.78 is 63.9. The van der Waals surface area contributed by atoms with Crippen LogP contribution in [0.15, 0.2) is 59.1 Å². The van der Waals surface area contributed by atoms with E-state index in [1.807, 2.05) is 6.92 Å². The van der Waals surface area contributed by atoms with Gasteiger partial charge in [-0.25, -0.2) is 28.0 Å². The molecule has 0 unspecified atom stereocenters. The smallest absolute Gasteiger partial charge is 0.336 e. The van der Waals surface area contributed by atoms with E-state index in [0.717, 1.165) is 6.26 Å². The highest BCUT2D eigenvalue weighted by Gasteiger charge is 2.29. The molecule has 1 amide bonds. The van der Waals surface area contributed by atoms with Gasteiger partial charge in [0.15, 0.2) is 20.0 Å². The second-order valence-electron chi connectivity index (χ2n) is 9.90. The number of methoxy groups -OCH3 is 1. The van der Waals surface area contributed by atoms with Gasteiger partial charge >= 0.3 is 19.5 Å². The number of sulfone groups is 1. The Kier molecular flexibility index (Phi) is 14.2. The van der Waals surface area contributed by atoms with Crippen LogP contribution >= 0.6 is 18.9 Å². The highest BCUT2D eigenvalue weighted by Crippen LogP contribution is 2.53. The molecule has 0 bridgehead atoms. The monoisotopic (exact) mass is 727 g/mol. The fourth-order valence-corrected chi connectivity index (χ4v) is 6.79. The van der Waals surface area contributed by atoms with Gasteiger partial charge in [-0.1, -0.05) is 6.92 Å². The Morgan fingerprint density at radius 2 is 1.75 bits per heavy atom. The van der Waals surface area contributed by atoms with E-state index in [9.17, 15) is 27.4 Å². The maximum Gasteiger partial charge on any atom is 0.336 e. The van der Waals surface area contributed by atoms with E-state index in [-0.39, 0.29) is 34.4 Å². The molecule has 1 aliphatic heterocycles. The van der Waals surface area contributed by atoms with Crippen molar-refractivity contribution in [1.29, 1.82) is 0 Å². The summed E-state index contributed by atoms with van der Waals surface area (Å²) in [6.45, 7) is 3.04. The third kappa shape index (κ3) is 12.8. The zero-order valence-electron chi connectivity index (χ0n) is 26.1. The molecule has 16 nitrogen and oxygen atoms in total.